The largest absolute Gasteiger partial charge is 0.488 e. The third kappa shape index (κ3) is 3.69. The molecule has 3 aromatic rings. The van der Waals surface area contributed by atoms with Crippen molar-refractivity contribution in [2.45, 2.75) is 31.5 Å². The molecule has 0 bridgehead atoms. The van der Waals surface area contributed by atoms with E-state index in [-0.39, 0.29) is 36.7 Å². The molecule has 2 aromatic heterocycles. The highest BCUT2D eigenvalue weighted by Gasteiger charge is 2.45. The summed E-state index contributed by atoms with van der Waals surface area (Å²) in [5.41, 5.74) is 4.82. The Kier molecular flexibility index (Phi) is 5.59. The molecule has 3 N–H and O–H groups in total. The number of amides is 1. The van der Waals surface area contributed by atoms with Crippen LogP contribution in [-0.2, 0) is 22.9 Å². The van der Waals surface area contributed by atoms with Gasteiger partial charge in [0, 0.05) is 34.7 Å². The Bertz CT molecular complexity index is 1170. The average molecular weight is 450 g/mol. The molecule has 1 aromatic carbocycles. The van der Waals surface area contributed by atoms with Crippen LogP contribution in [0.4, 0.5) is 13.2 Å². The topological polar surface area (TPSA) is 108 Å². The lowest BCUT2D eigenvalue weighted by Gasteiger charge is -2.42. The van der Waals surface area contributed by atoms with E-state index < -0.39 is 29.8 Å². The van der Waals surface area contributed by atoms with Crippen LogP contribution in [0.25, 0.3) is 11.0 Å². The number of ether oxygens (including phenoxy) is 2. The highest BCUT2D eigenvalue weighted by molar-refractivity contribution is 6.08. The molecule has 0 spiro atoms. The number of benzene rings is 1. The number of rotatable bonds is 7. The minimum atomic E-state index is -4.63. The standard InChI is InChI=1S/C22H21F3N2O5/c1-12-16(20(26)29)17-14(32-12)4-5-15(18(17)21(6-8-28)10-30-11-21)31-9-13-3-2-7-27-19(13)22(23,24)25/h2-5,7,28H,6,8-11H2,1H3,(H2,26,29). The number of carbonyl (C=O) groups excluding carboxylic acids is 1. The molecular weight excluding hydrogens is 429 g/mol. The zero-order valence-corrected chi connectivity index (χ0v) is 17.2. The van der Waals surface area contributed by atoms with Crippen LogP contribution in [-0.4, -0.2) is 35.8 Å². The summed E-state index contributed by atoms with van der Waals surface area (Å²) in [6, 6.07) is 5.84. The fraction of sp³-hybridized carbons (Fsp3) is 0.364. The second-order valence-electron chi connectivity index (χ2n) is 7.75. The quantitative estimate of drug-likeness (QED) is 0.571. The van der Waals surface area contributed by atoms with E-state index in [1.54, 1.807) is 19.1 Å². The number of nitrogens with zero attached hydrogens (tertiary/aromatic N) is 1. The van der Waals surface area contributed by atoms with E-state index in [0.717, 1.165) is 6.20 Å². The summed E-state index contributed by atoms with van der Waals surface area (Å²) in [4.78, 5) is 15.6. The van der Waals surface area contributed by atoms with E-state index in [1.807, 2.05) is 0 Å². The molecule has 1 aliphatic heterocycles. The van der Waals surface area contributed by atoms with Gasteiger partial charge in [0.05, 0.1) is 18.8 Å². The molecule has 1 aliphatic rings. The van der Waals surface area contributed by atoms with Gasteiger partial charge in [0.15, 0.2) is 5.69 Å². The number of carbonyl (C=O) groups is 1. The predicted octanol–water partition coefficient (Wildman–Crippen LogP) is 3.48. The van der Waals surface area contributed by atoms with Gasteiger partial charge in [-0.2, -0.15) is 13.2 Å². The van der Waals surface area contributed by atoms with Crippen molar-refractivity contribution < 1.29 is 37.0 Å². The number of hydrogen-bond acceptors (Lipinski definition) is 6. The van der Waals surface area contributed by atoms with Crippen LogP contribution < -0.4 is 10.5 Å². The maximum Gasteiger partial charge on any atom is 0.433 e. The molecule has 170 valence electrons. The van der Waals surface area contributed by atoms with Crippen molar-refractivity contribution in [2.24, 2.45) is 5.73 Å². The lowest BCUT2D eigenvalue weighted by Crippen LogP contribution is -2.47. The van der Waals surface area contributed by atoms with Crippen LogP contribution in [0, 0.1) is 6.92 Å². The molecule has 0 radical (unpaired) electrons. The number of fused-ring (bicyclic) bond motifs is 1. The molecular formula is C22H21F3N2O5. The Morgan fingerprint density at radius 3 is 2.66 bits per heavy atom. The number of halogens is 3. The van der Waals surface area contributed by atoms with Crippen LogP contribution in [0.3, 0.4) is 0 Å². The number of furan rings is 1. The van der Waals surface area contributed by atoms with Gasteiger partial charge in [-0.1, -0.05) is 6.07 Å². The van der Waals surface area contributed by atoms with E-state index in [2.05, 4.69) is 4.98 Å². The zero-order valence-electron chi connectivity index (χ0n) is 17.2. The van der Waals surface area contributed by atoms with Gasteiger partial charge < -0.3 is 24.7 Å². The lowest BCUT2D eigenvalue weighted by molar-refractivity contribution is -0.142. The van der Waals surface area contributed by atoms with Crippen molar-refractivity contribution in [3.63, 3.8) is 0 Å². The van der Waals surface area contributed by atoms with Crippen LogP contribution >= 0.6 is 0 Å². The van der Waals surface area contributed by atoms with Gasteiger partial charge in [-0.05, 0) is 31.5 Å². The highest BCUT2D eigenvalue weighted by atomic mass is 19.4. The van der Waals surface area contributed by atoms with Crippen LogP contribution in [0.15, 0.2) is 34.9 Å². The highest BCUT2D eigenvalue weighted by Crippen LogP contribution is 2.47. The Labute approximate surface area is 180 Å². The Balaban J connectivity index is 1.85. The van der Waals surface area contributed by atoms with Gasteiger partial charge in [0.2, 0.25) is 0 Å². The van der Waals surface area contributed by atoms with Gasteiger partial charge in [-0.3, -0.25) is 9.78 Å². The van der Waals surface area contributed by atoms with Crippen LogP contribution in [0.5, 0.6) is 5.75 Å². The van der Waals surface area contributed by atoms with Crippen LogP contribution in [0.2, 0.25) is 0 Å². The first kappa shape index (κ1) is 22.1. The van der Waals surface area contributed by atoms with E-state index >= 15 is 0 Å². The number of nitrogens with two attached hydrogens (primary N) is 1. The summed E-state index contributed by atoms with van der Waals surface area (Å²) in [6.07, 6.45) is -3.27. The summed E-state index contributed by atoms with van der Waals surface area (Å²) in [5.74, 6) is -0.128. The van der Waals surface area contributed by atoms with Crippen molar-refractivity contribution in [1.82, 2.24) is 4.98 Å². The first-order chi connectivity index (χ1) is 15.2. The van der Waals surface area contributed by atoms with Gasteiger partial charge in [-0.25, -0.2) is 0 Å². The minimum Gasteiger partial charge on any atom is -0.488 e. The zero-order chi connectivity index (χ0) is 23.1. The molecule has 32 heavy (non-hydrogen) atoms. The maximum absolute atomic E-state index is 13.3. The number of aryl methyl sites for hydroxylation is 1. The normalized spacial score (nSPS) is 15.5. The monoisotopic (exact) mass is 450 g/mol. The van der Waals surface area contributed by atoms with Crippen molar-refractivity contribution in [1.29, 1.82) is 0 Å². The maximum atomic E-state index is 13.3. The van der Waals surface area contributed by atoms with E-state index in [9.17, 15) is 23.1 Å². The van der Waals surface area contributed by atoms with Crippen molar-refractivity contribution in [2.75, 3.05) is 19.8 Å². The number of hydrogen-bond donors (Lipinski definition) is 2. The van der Waals surface area contributed by atoms with Crippen LogP contribution in [0.1, 0.15) is 39.4 Å². The summed E-state index contributed by atoms with van der Waals surface area (Å²) < 4.78 is 57.0. The number of pyridine rings is 1. The molecule has 4 rings (SSSR count). The molecule has 0 atom stereocenters. The van der Waals surface area contributed by atoms with Crippen molar-refractivity contribution in [3.8, 4) is 5.75 Å². The van der Waals surface area contributed by atoms with Gasteiger partial charge in [-0.15, -0.1) is 0 Å². The fourth-order valence-corrected chi connectivity index (χ4v) is 4.18. The SMILES string of the molecule is Cc1oc2ccc(OCc3cccnc3C(F)(F)F)c(C3(CCO)COC3)c2c1C(N)=O. The summed E-state index contributed by atoms with van der Waals surface area (Å²) in [7, 11) is 0. The molecule has 3 heterocycles. The summed E-state index contributed by atoms with van der Waals surface area (Å²) >= 11 is 0. The van der Waals surface area contributed by atoms with Gasteiger partial charge in [0.1, 0.15) is 23.7 Å². The summed E-state index contributed by atoms with van der Waals surface area (Å²) in [6.45, 7) is 1.52. The molecule has 1 amide bonds. The summed E-state index contributed by atoms with van der Waals surface area (Å²) in [5, 5.41) is 10.1. The number of aromatic nitrogens is 1. The molecule has 7 nitrogen and oxygen atoms in total. The first-order valence-corrected chi connectivity index (χ1v) is 9.87. The van der Waals surface area contributed by atoms with E-state index in [0.29, 0.717) is 28.7 Å². The smallest absolute Gasteiger partial charge is 0.433 e. The van der Waals surface area contributed by atoms with Gasteiger partial charge >= 0.3 is 6.18 Å². The Morgan fingerprint density at radius 1 is 1.31 bits per heavy atom. The fourth-order valence-electron chi connectivity index (χ4n) is 4.18. The molecule has 10 heteroatoms. The molecule has 1 fully saturated rings. The number of aliphatic hydroxyl groups excluding tert-OH is 1. The van der Waals surface area contributed by atoms with Crippen molar-refractivity contribution >= 4 is 16.9 Å². The molecule has 0 unspecified atom stereocenters. The first-order valence-electron chi connectivity index (χ1n) is 9.87. The predicted molar refractivity (Wildman–Crippen MR) is 107 cm³/mol. The van der Waals surface area contributed by atoms with E-state index in [1.165, 1.54) is 12.1 Å². The number of aliphatic hydroxyl groups is 1. The van der Waals surface area contributed by atoms with Crippen molar-refractivity contribution in [3.05, 3.63) is 58.6 Å². The second kappa shape index (κ2) is 8.10. The minimum absolute atomic E-state index is 0.134. The third-order valence-corrected chi connectivity index (χ3v) is 5.66. The second-order valence-corrected chi connectivity index (χ2v) is 7.75. The number of alkyl halides is 3. The molecule has 0 saturated carbocycles. The molecule has 0 aliphatic carbocycles. The van der Waals surface area contributed by atoms with Gasteiger partial charge in [0.25, 0.3) is 5.91 Å². The third-order valence-electron chi connectivity index (χ3n) is 5.66. The average Bonchev–Trinajstić information content (AvgIpc) is 3.04. The Hall–Kier alpha value is -3.11. The Morgan fingerprint density at radius 2 is 2.06 bits per heavy atom. The molecule has 1 saturated heterocycles. The lowest BCUT2D eigenvalue weighted by atomic mass is 9.73. The van der Waals surface area contributed by atoms with E-state index in [4.69, 9.17) is 19.6 Å². The number of primary amides is 1.